The average Bonchev–Trinajstić information content (AvgIpc) is 3.23. The average molecular weight is 325 g/mol. The van der Waals surface area contributed by atoms with Crippen LogP contribution in [-0.2, 0) is 4.79 Å². The van der Waals surface area contributed by atoms with Crippen molar-refractivity contribution in [2.24, 2.45) is 0 Å². The normalized spacial score (nSPS) is 18.2. The lowest BCUT2D eigenvalue weighted by atomic mass is 10.3. The van der Waals surface area contributed by atoms with Crippen molar-refractivity contribution in [3.8, 4) is 0 Å². The van der Waals surface area contributed by atoms with Gasteiger partial charge in [0.2, 0.25) is 5.91 Å². The minimum absolute atomic E-state index is 0.116. The zero-order chi connectivity index (χ0) is 13.2. The molecule has 2 aliphatic rings. The largest absolute Gasteiger partial charge is 0.369 e. The number of hydrogen-bond donors (Lipinski definition) is 2. The van der Waals surface area contributed by atoms with Gasteiger partial charge in [0.1, 0.15) is 16.2 Å². The molecule has 19 heavy (non-hydrogen) atoms. The summed E-state index contributed by atoms with van der Waals surface area (Å²) in [7, 11) is 0. The standard InChI is InChI=1S/C13H17BrN4O/c14-10-7-11(18-13(17-10)8-1-2-8)15-6-5-12(19)16-9-3-4-9/h7-9H,1-6H2,(H,16,19)(H,15,17,18). The van der Waals surface area contributed by atoms with E-state index in [1.807, 2.05) is 6.07 Å². The van der Waals surface area contributed by atoms with Crippen LogP contribution in [0.25, 0.3) is 0 Å². The molecule has 2 saturated carbocycles. The first-order valence-electron chi connectivity index (χ1n) is 6.78. The molecule has 0 aliphatic heterocycles. The molecule has 1 aromatic heterocycles. The van der Waals surface area contributed by atoms with E-state index in [0.29, 0.717) is 24.9 Å². The number of anilines is 1. The van der Waals surface area contributed by atoms with Crippen LogP contribution in [0.1, 0.15) is 43.8 Å². The van der Waals surface area contributed by atoms with E-state index < -0.39 is 0 Å². The van der Waals surface area contributed by atoms with Gasteiger partial charge >= 0.3 is 0 Å². The van der Waals surface area contributed by atoms with Crippen LogP contribution in [0.4, 0.5) is 5.82 Å². The Bertz CT molecular complexity index is 486. The molecular formula is C13H17BrN4O. The molecule has 2 fully saturated rings. The summed E-state index contributed by atoms with van der Waals surface area (Å²) < 4.78 is 0.800. The minimum atomic E-state index is 0.116. The number of aromatic nitrogens is 2. The summed E-state index contributed by atoms with van der Waals surface area (Å²) in [6, 6.07) is 2.28. The molecule has 0 aromatic carbocycles. The molecule has 0 bridgehead atoms. The Hall–Kier alpha value is -1.17. The van der Waals surface area contributed by atoms with Crippen molar-refractivity contribution in [1.82, 2.24) is 15.3 Å². The molecular weight excluding hydrogens is 308 g/mol. The molecule has 0 radical (unpaired) electrons. The quantitative estimate of drug-likeness (QED) is 0.787. The van der Waals surface area contributed by atoms with Crippen molar-refractivity contribution < 1.29 is 4.79 Å². The number of hydrogen-bond acceptors (Lipinski definition) is 4. The summed E-state index contributed by atoms with van der Waals surface area (Å²) in [6.45, 7) is 0.603. The van der Waals surface area contributed by atoms with Crippen LogP contribution in [0.3, 0.4) is 0 Å². The highest BCUT2D eigenvalue weighted by Gasteiger charge is 2.27. The predicted molar refractivity (Wildman–Crippen MR) is 76.0 cm³/mol. The van der Waals surface area contributed by atoms with Gasteiger partial charge in [-0.15, -0.1) is 0 Å². The summed E-state index contributed by atoms with van der Waals surface area (Å²) in [6.07, 6.45) is 5.10. The lowest BCUT2D eigenvalue weighted by Crippen LogP contribution is -2.27. The van der Waals surface area contributed by atoms with E-state index in [-0.39, 0.29) is 5.91 Å². The third-order valence-corrected chi connectivity index (χ3v) is 3.66. The fraction of sp³-hybridized carbons (Fsp3) is 0.615. The Kier molecular flexibility index (Phi) is 3.68. The van der Waals surface area contributed by atoms with Gasteiger partial charge in [0.15, 0.2) is 0 Å². The van der Waals surface area contributed by atoms with Gasteiger partial charge < -0.3 is 10.6 Å². The third kappa shape index (κ3) is 3.89. The topological polar surface area (TPSA) is 66.9 Å². The predicted octanol–water partition coefficient (Wildman–Crippen LogP) is 2.20. The number of carbonyl (C=O) groups is 1. The first-order chi connectivity index (χ1) is 9.20. The fourth-order valence-electron chi connectivity index (χ4n) is 1.88. The molecule has 2 N–H and O–H groups in total. The van der Waals surface area contributed by atoms with Gasteiger partial charge in [0.25, 0.3) is 0 Å². The molecule has 0 atom stereocenters. The van der Waals surface area contributed by atoms with E-state index in [2.05, 4.69) is 36.5 Å². The molecule has 1 amide bonds. The van der Waals surface area contributed by atoms with Gasteiger partial charge in [-0.2, -0.15) is 0 Å². The van der Waals surface area contributed by atoms with Crippen LogP contribution in [0.2, 0.25) is 0 Å². The summed E-state index contributed by atoms with van der Waals surface area (Å²) in [5, 5.41) is 6.16. The van der Waals surface area contributed by atoms with Crippen LogP contribution >= 0.6 is 15.9 Å². The first kappa shape index (κ1) is 12.8. The Balaban J connectivity index is 1.49. The third-order valence-electron chi connectivity index (χ3n) is 3.26. The van der Waals surface area contributed by atoms with Crippen molar-refractivity contribution in [2.45, 2.75) is 44.1 Å². The van der Waals surface area contributed by atoms with E-state index in [9.17, 15) is 4.79 Å². The monoisotopic (exact) mass is 324 g/mol. The van der Waals surface area contributed by atoms with Gasteiger partial charge in [-0.25, -0.2) is 9.97 Å². The van der Waals surface area contributed by atoms with Crippen molar-refractivity contribution in [1.29, 1.82) is 0 Å². The molecule has 0 spiro atoms. The minimum Gasteiger partial charge on any atom is -0.369 e. The number of amides is 1. The van der Waals surface area contributed by atoms with Crippen LogP contribution < -0.4 is 10.6 Å². The number of halogens is 1. The van der Waals surface area contributed by atoms with E-state index in [1.165, 1.54) is 12.8 Å². The SMILES string of the molecule is O=C(CCNc1cc(Br)nc(C2CC2)n1)NC1CC1. The number of nitrogens with one attached hydrogen (secondary N) is 2. The maximum absolute atomic E-state index is 11.5. The first-order valence-corrected chi connectivity index (χ1v) is 7.58. The van der Waals surface area contributed by atoms with Crippen LogP contribution in [0, 0.1) is 0 Å². The Morgan fingerprint density at radius 1 is 1.32 bits per heavy atom. The van der Waals surface area contributed by atoms with E-state index >= 15 is 0 Å². The molecule has 6 heteroatoms. The second-order valence-corrected chi connectivity index (χ2v) is 6.04. The molecule has 1 heterocycles. The van der Waals surface area contributed by atoms with Crippen LogP contribution in [0.5, 0.6) is 0 Å². The van der Waals surface area contributed by atoms with Gasteiger partial charge in [0, 0.05) is 31.0 Å². The molecule has 0 saturated heterocycles. The van der Waals surface area contributed by atoms with E-state index in [4.69, 9.17) is 0 Å². The van der Waals surface area contributed by atoms with Gasteiger partial charge in [-0.1, -0.05) is 0 Å². The fourth-order valence-corrected chi connectivity index (χ4v) is 2.28. The Morgan fingerprint density at radius 2 is 2.11 bits per heavy atom. The highest BCUT2D eigenvalue weighted by Crippen LogP contribution is 2.38. The second kappa shape index (κ2) is 5.45. The van der Waals surface area contributed by atoms with Crippen LogP contribution in [0.15, 0.2) is 10.7 Å². The van der Waals surface area contributed by atoms with Crippen molar-refractivity contribution >= 4 is 27.7 Å². The van der Waals surface area contributed by atoms with Crippen molar-refractivity contribution in [2.75, 3.05) is 11.9 Å². The lowest BCUT2D eigenvalue weighted by molar-refractivity contribution is -0.120. The number of nitrogens with zero attached hydrogens (tertiary/aromatic N) is 2. The molecule has 5 nitrogen and oxygen atoms in total. The van der Waals surface area contributed by atoms with E-state index in [0.717, 1.165) is 29.1 Å². The molecule has 2 aliphatic carbocycles. The maximum Gasteiger partial charge on any atom is 0.221 e. The second-order valence-electron chi connectivity index (χ2n) is 5.23. The molecule has 0 unspecified atom stereocenters. The smallest absolute Gasteiger partial charge is 0.221 e. The lowest BCUT2D eigenvalue weighted by Gasteiger charge is -2.08. The Morgan fingerprint density at radius 3 is 2.79 bits per heavy atom. The zero-order valence-electron chi connectivity index (χ0n) is 10.7. The zero-order valence-corrected chi connectivity index (χ0v) is 12.2. The summed E-state index contributed by atoms with van der Waals surface area (Å²) >= 11 is 3.40. The molecule has 1 aromatic rings. The highest BCUT2D eigenvalue weighted by molar-refractivity contribution is 9.10. The summed E-state index contributed by atoms with van der Waals surface area (Å²) in [5.41, 5.74) is 0. The van der Waals surface area contributed by atoms with Crippen LogP contribution in [-0.4, -0.2) is 28.5 Å². The van der Waals surface area contributed by atoms with Crippen molar-refractivity contribution in [3.63, 3.8) is 0 Å². The summed E-state index contributed by atoms with van der Waals surface area (Å²) in [4.78, 5) is 20.4. The maximum atomic E-state index is 11.5. The number of rotatable bonds is 6. The van der Waals surface area contributed by atoms with Gasteiger partial charge in [0.05, 0.1) is 0 Å². The Labute approximate surface area is 120 Å². The van der Waals surface area contributed by atoms with E-state index in [1.54, 1.807) is 0 Å². The molecule has 102 valence electrons. The van der Waals surface area contributed by atoms with Gasteiger partial charge in [-0.3, -0.25) is 4.79 Å². The van der Waals surface area contributed by atoms with Gasteiger partial charge in [-0.05, 0) is 41.6 Å². The molecule has 3 rings (SSSR count). The highest BCUT2D eigenvalue weighted by atomic mass is 79.9. The number of carbonyl (C=O) groups excluding carboxylic acids is 1. The summed E-state index contributed by atoms with van der Waals surface area (Å²) in [5.74, 6) is 2.34. The van der Waals surface area contributed by atoms with Crippen molar-refractivity contribution in [3.05, 3.63) is 16.5 Å².